The van der Waals surface area contributed by atoms with Gasteiger partial charge in [-0.25, -0.2) is 0 Å². The number of halogens is 2. The summed E-state index contributed by atoms with van der Waals surface area (Å²) in [5.74, 6) is 0. The molecule has 0 bridgehead atoms. The zero-order chi connectivity index (χ0) is 22.1. The van der Waals surface area contributed by atoms with E-state index in [1.807, 2.05) is 18.2 Å². The van der Waals surface area contributed by atoms with Crippen molar-refractivity contribution in [1.29, 1.82) is 0 Å². The van der Waals surface area contributed by atoms with Crippen molar-refractivity contribution in [3.63, 3.8) is 0 Å². The SMILES string of the molecule is CCCC[N+]1=C(/C=C/Nc2ccc(Cl)c(S(=O)(=O)O)c2)C(C)(C)c2cc(Cl)ccc21. The third kappa shape index (κ3) is 4.57. The zero-order valence-electron chi connectivity index (χ0n) is 17.1. The molecule has 0 amide bonds. The van der Waals surface area contributed by atoms with Crippen molar-refractivity contribution in [2.45, 2.75) is 43.9 Å². The lowest BCUT2D eigenvalue weighted by Crippen LogP contribution is -2.28. The van der Waals surface area contributed by atoms with E-state index in [1.54, 1.807) is 12.3 Å². The third-order valence-corrected chi connectivity index (χ3v) is 6.86. The van der Waals surface area contributed by atoms with Crippen molar-refractivity contribution in [3.8, 4) is 0 Å². The van der Waals surface area contributed by atoms with Gasteiger partial charge in [-0.3, -0.25) is 4.55 Å². The molecule has 0 atom stereocenters. The van der Waals surface area contributed by atoms with E-state index in [0.29, 0.717) is 10.7 Å². The van der Waals surface area contributed by atoms with Gasteiger partial charge in [-0.05, 0) is 44.2 Å². The molecule has 0 fully saturated rings. The summed E-state index contributed by atoms with van der Waals surface area (Å²) < 4.78 is 34.6. The van der Waals surface area contributed by atoms with Crippen LogP contribution in [0.2, 0.25) is 10.0 Å². The molecule has 2 aromatic carbocycles. The van der Waals surface area contributed by atoms with Gasteiger partial charge in [0.15, 0.2) is 5.71 Å². The number of nitrogens with zero attached hydrogens (tertiary/aromatic N) is 1. The van der Waals surface area contributed by atoms with Gasteiger partial charge >= 0.3 is 0 Å². The Morgan fingerprint density at radius 2 is 1.90 bits per heavy atom. The zero-order valence-corrected chi connectivity index (χ0v) is 19.4. The maximum Gasteiger partial charge on any atom is 0.296 e. The summed E-state index contributed by atoms with van der Waals surface area (Å²) in [6.45, 7) is 7.37. The van der Waals surface area contributed by atoms with Crippen molar-refractivity contribution in [3.05, 3.63) is 64.3 Å². The van der Waals surface area contributed by atoms with Crippen LogP contribution in [0, 0.1) is 0 Å². The van der Waals surface area contributed by atoms with E-state index in [0.717, 1.165) is 30.8 Å². The van der Waals surface area contributed by atoms with Gasteiger partial charge in [-0.1, -0.05) is 36.5 Å². The molecule has 2 aromatic rings. The van der Waals surface area contributed by atoms with Crippen molar-refractivity contribution >= 4 is 50.4 Å². The van der Waals surface area contributed by atoms with Crippen LogP contribution in [0.4, 0.5) is 11.4 Å². The van der Waals surface area contributed by atoms with E-state index in [9.17, 15) is 13.0 Å². The molecule has 2 N–H and O–H groups in total. The minimum Gasteiger partial charge on any atom is -0.361 e. The number of unbranched alkanes of at least 4 members (excludes halogenated alkanes) is 1. The Kier molecular flexibility index (Phi) is 6.63. The Morgan fingerprint density at radius 1 is 1.17 bits per heavy atom. The predicted molar refractivity (Wildman–Crippen MR) is 123 cm³/mol. The van der Waals surface area contributed by atoms with Crippen molar-refractivity contribution in [2.75, 3.05) is 11.9 Å². The molecule has 160 valence electrons. The lowest BCUT2D eigenvalue weighted by molar-refractivity contribution is -0.438. The van der Waals surface area contributed by atoms with Crippen LogP contribution in [0.5, 0.6) is 0 Å². The van der Waals surface area contributed by atoms with Gasteiger partial charge in [-0.15, -0.1) is 0 Å². The van der Waals surface area contributed by atoms with E-state index in [4.69, 9.17) is 23.2 Å². The molecule has 1 heterocycles. The van der Waals surface area contributed by atoms with E-state index in [1.165, 1.54) is 17.7 Å². The number of fused-ring (bicyclic) bond motifs is 1. The predicted octanol–water partition coefficient (Wildman–Crippen LogP) is 6.04. The molecular formula is C22H25Cl2N2O3S+. The van der Waals surface area contributed by atoms with Gasteiger partial charge in [-0.2, -0.15) is 13.0 Å². The van der Waals surface area contributed by atoms with Crippen LogP contribution in [0.3, 0.4) is 0 Å². The molecule has 0 saturated carbocycles. The number of rotatable bonds is 7. The van der Waals surface area contributed by atoms with Crippen LogP contribution in [0.25, 0.3) is 0 Å². The van der Waals surface area contributed by atoms with E-state index < -0.39 is 10.1 Å². The fraction of sp³-hybridized carbons (Fsp3) is 0.318. The molecule has 5 nitrogen and oxygen atoms in total. The minimum absolute atomic E-state index is 0.0311. The first-order chi connectivity index (χ1) is 14.1. The third-order valence-electron chi connectivity index (χ3n) is 5.29. The standard InChI is InChI=1S/C22H24Cl2N2O3S/c1-4-5-12-26-19-9-6-15(23)13-17(19)22(2,3)21(26)10-11-25-16-7-8-18(24)20(14-16)30(27,28)29/h6-11,13-14H,4-5,12H2,1-3H3,(H,27,28,29)/p+1. The first kappa shape index (κ1) is 22.8. The van der Waals surface area contributed by atoms with Crippen LogP contribution < -0.4 is 5.32 Å². The Hall–Kier alpha value is -1.86. The number of anilines is 1. The number of hydrogen-bond donors (Lipinski definition) is 2. The van der Waals surface area contributed by atoms with Crippen LogP contribution in [-0.4, -0.2) is 29.8 Å². The number of benzene rings is 2. The molecule has 0 unspecified atom stereocenters. The van der Waals surface area contributed by atoms with Gasteiger partial charge in [0.2, 0.25) is 5.69 Å². The van der Waals surface area contributed by atoms with Crippen LogP contribution in [0.15, 0.2) is 53.6 Å². The average molecular weight is 468 g/mol. The second-order valence-electron chi connectivity index (χ2n) is 7.77. The van der Waals surface area contributed by atoms with E-state index in [2.05, 4.69) is 36.7 Å². The normalized spacial score (nSPS) is 15.7. The number of hydrogen-bond acceptors (Lipinski definition) is 3. The fourth-order valence-corrected chi connectivity index (χ4v) is 4.88. The highest BCUT2D eigenvalue weighted by molar-refractivity contribution is 7.86. The lowest BCUT2D eigenvalue weighted by atomic mass is 9.81. The van der Waals surface area contributed by atoms with Gasteiger partial charge < -0.3 is 5.32 Å². The highest BCUT2D eigenvalue weighted by Crippen LogP contribution is 2.41. The summed E-state index contributed by atoms with van der Waals surface area (Å²) in [7, 11) is -4.40. The molecule has 0 spiro atoms. The summed E-state index contributed by atoms with van der Waals surface area (Å²) in [6, 6.07) is 10.4. The van der Waals surface area contributed by atoms with Crippen molar-refractivity contribution < 1.29 is 17.5 Å². The van der Waals surface area contributed by atoms with Crippen LogP contribution in [-0.2, 0) is 15.5 Å². The van der Waals surface area contributed by atoms with Gasteiger partial charge in [0.05, 0.1) is 10.4 Å². The molecule has 0 aliphatic carbocycles. The maximum atomic E-state index is 11.5. The Balaban J connectivity index is 1.95. The Bertz CT molecular complexity index is 1140. The Labute approximate surface area is 187 Å². The molecule has 1 aliphatic heterocycles. The van der Waals surface area contributed by atoms with E-state index >= 15 is 0 Å². The number of nitrogens with one attached hydrogen (secondary N) is 1. The molecule has 3 rings (SSSR count). The summed E-state index contributed by atoms with van der Waals surface area (Å²) in [5.41, 5.74) is 3.69. The topological polar surface area (TPSA) is 69.4 Å². The van der Waals surface area contributed by atoms with E-state index in [-0.39, 0.29) is 15.3 Å². The number of allylic oxidation sites excluding steroid dienone is 1. The first-order valence-electron chi connectivity index (χ1n) is 9.71. The fourth-order valence-electron chi connectivity index (χ4n) is 3.71. The summed E-state index contributed by atoms with van der Waals surface area (Å²) in [4.78, 5) is -0.331. The second-order valence-corrected chi connectivity index (χ2v) is 10.0. The average Bonchev–Trinajstić information content (AvgIpc) is 2.87. The summed E-state index contributed by atoms with van der Waals surface area (Å²) in [5, 5.41) is 3.75. The first-order valence-corrected chi connectivity index (χ1v) is 11.9. The Morgan fingerprint density at radius 3 is 2.57 bits per heavy atom. The molecule has 0 radical (unpaired) electrons. The largest absolute Gasteiger partial charge is 0.361 e. The minimum atomic E-state index is -4.40. The lowest BCUT2D eigenvalue weighted by Gasteiger charge is -2.15. The van der Waals surface area contributed by atoms with Gasteiger partial charge in [0.25, 0.3) is 10.1 Å². The molecule has 0 saturated heterocycles. The monoisotopic (exact) mass is 467 g/mol. The quantitative estimate of drug-likeness (QED) is 0.384. The van der Waals surface area contributed by atoms with Crippen molar-refractivity contribution in [1.82, 2.24) is 0 Å². The molecular weight excluding hydrogens is 443 g/mol. The maximum absolute atomic E-state index is 11.5. The second kappa shape index (κ2) is 8.71. The molecule has 30 heavy (non-hydrogen) atoms. The van der Waals surface area contributed by atoms with Crippen LogP contribution >= 0.6 is 23.2 Å². The highest BCUT2D eigenvalue weighted by Gasteiger charge is 2.44. The van der Waals surface area contributed by atoms with Gasteiger partial charge in [0.1, 0.15) is 11.4 Å². The van der Waals surface area contributed by atoms with Crippen LogP contribution in [0.1, 0.15) is 39.2 Å². The molecule has 0 aromatic heterocycles. The summed E-state index contributed by atoms with van der Waals surface area (Å²) >= 11 is 12.1. The molecule has 8 heteroatoms. The highest BCUT2D eigenvalue weighted by atomic mass is 35.5. The smallest absolute Gasteiger partial charge is 0.296 e. The van der Waals surface area contributed by atoms with Gasteiger partial charge in [0, 0.05) is 41.0 Å². The van der Waals surface area contributed by atoms with Crippen molar-refractivity contribution in [2.24, 2.45) is 0 Å². The molecule has 1 aliphatic rings. The summed E-state index contributed by atoms with van der Waals surface area (Å²) in [6.07, 6.45) is 5.89.